The molecule has 4 fully saturated rings. The largest absolute Gasteiger partial charge is 0.373 e. The van der Waals surface area contributed by atoms with Gasteiger partial charge in [-0.3, -0.25) is 0 Å². The lowest BCUT2D eigenvalue weighted by atomic mass is 9.50. The van der Waals surface area contributed by atoms with Crippen LogP contribution in [0.2, 0.25) is 0 Å². The van der Waals surface area contributed by atoms with Crippen molar-refractivity contribution in [2.24, 2.45) is 22.7 Å². The van der Waals surface area contributed by atoms with Crippen LogP contribution in [0.1, 0.15) is 45.4 Å². The molecule has 8 atom stereocenters. The molecule has 6 rings (SSSR count). The fourth-order valence-electron chi connectivity index (χ4n) is 8.00. The summed E-state index contributed by atoms with van der Waals surface area (Å²) in [4.78, 5) is 0. The molecule has 0 aromatic rings. The molecule has 178 valence electrons. The Morgan fingerprint density at radius 2 is 1.78 bits per heavy atom. The molecule has 2 heterocycles. The molecular formula is C25H34F2O4S. The van der Waals surface area contributed by atoms with Crippen LogP contribution in [0.15, 0.2) is 23.3 Å². The van der Waals surface area contributed by atoms with E-state index in [9.17, 15) is 8.78 Å². The highest BCUT2D eigenvalue weighted by atomic mass is 32.2. The third kappa shape index (κ3) is 3.36. The van der Waals surface area contributed by atoms with Crippen molar-refractivity contribution in [3.05, 3.63) is 23.3 Å². The lowest BCUT2D eigenvalue weighted by molar-refractivity contribution is -0.162. The third-order valence-corrected chi connectivity index (χ3v) is 10.1. The van der Waals surface area contributed by atoms with Gasteiger partial charge in [-0.25, -0.2) is 0 Å². The molecule has 7 heteroatoms. The predicted octanol–water partition coefficient (Wildman–Crippen LogP) is 4.98. The van der Waals surface area contributed by atoms with E-state index in [0.29, 0.717) is 44.0 Å². The smallest absolute Gasteiger partial charge is 0.284 e. The zero-order chi connectivity index (χ0) is 21.9. The fourth-order valence-corrected chi connectivity index (χ4v) is 8.64. The second-order valence-corrected chi connectivity index (χ2v) is 11.8. The van der Waals surface area contributed by atoms with E-state index < -0.39 is 5.76 Å². The average molecular weight is 469 g/mol. The van der Waals surface area contributed by atoms with Crippen LogP contribution < -0.4 is 0 Å². The summed E-state index contributed by atoms with van der Waals surface area (Å²) in [6.07, 6.45) is 11.0. The highest BCUT2D eigenvalue weighted by Gasteiger charge is 2.61. The zero-order valence-corrected chi connectivity index (χ0v) is 19.6. The first-order valence-electron chi connectivity index (χ1n) is 12.3. The highest BCUT2D eigenvalue weighted by Crippen LogP contribution is 2.65. The molecule has 0 spiro atoms. The Labute approximate surface area is 193 Å². The van der Waals surface area contributed by atoms with E-state index in [1.807, 2.05) is 0 Å². The normalized spacial score (nSPS) is 47.5. The lowest BCUT2D eigenvalue weighted by Crippen LogP contribution is -2.53. The molecule has 0 aromatic heterocycles. The van der Waals surface area contributed by atoms with Crippen molar-refractivity contribution < 1.29 is 27.7 Å². The Bertz CT molecular complexity index is 803. The van der Waals surface area contributed by atoms with Gasteiger partial charge in [-0.1, -0.05) is 42.0 Å². The summed E-state index contributed by atoms with van der Waals surface area (Å²) in [6, 6.07) is 0. The summed E-state index contributed by atoms with van der Waals surface area (Å²) in [5.74, 6) is -0.904. The molecule has 0 radical (unpaired) electrons. The van der Waals surface area contributed by atoms with Crippen LogP contribution in [0, 0.1) is 22.7 Å². The van der Waals surface area contributed by atoms with E-state index in [1.165, 1.54) is 11.1 Å². The number of alkyl halides is 2. The van der Waals surface area contributed by atoms with Gasteiger partial charge in [-0.15, -0.1) is 0 Å². The van der Waals surface area contributed by atoms with Gasteiger partial charge >= 0.3 is 0 Å². The van der Waals surface area contributed by atoms with Gasteiger partial charge in [-0.2, -0.15) is 8.78 Å². The number of hydrogen-bond donors (Lipinski definition) is 0. The summed E-state index contributed by atoms with van der Waals surface area (Å²) < 4.78 is 50.8. The quantitative estimate of drug-likeness (QED) is 0.544. The minimum Gasteiger partial charge on any atom is -0.373 e. The molecule has 4 nitrogen and oxygen atoms in total. The molecule has 4 unspecified atom stereocenters. The van der Waals surface area contributed by atoms with Crippen LogP contribution in [-0.2, 0) is 18.9 Å². The first-order valence-corrected chi connectivity index (χ1v) is 13.3. The van der Waals surface area contributed by atoms with E-state index in [4.69, 9.17) is 18.9 Å². The molecule has 4 aliphatic carbocycles. The van der Waals surface area contributed by atoms with Gasteiger partial charge < -0.3 is 18.9 Å². The van der Waals surface area contributed by atoms with Crippen molar-refractivity contribution in [2.75, 3.05) is 32.2 Å². The Hall–Kier alpha value is -0.470. The molecule has 0 aromatic carbocycles. The van der Waals surface area contributed by atoms with Crippen LogP contribution in [0.4, 0.5) is 8.78 Å². The maximum absolute atomic E-state index is 13.1. The van der Waals surface area contributed by atoms with Gasteiger partial charge in [0.05, 0.1) is 50.8 Å². The molecule has 0 bridgehead atoms. The third-order valence-electron chi connectivity index (χ3n) is 9.37. The first kappa shape index (κ1) is 22.0. The molecule has 32 heavy (non-hydrogen) atoms. The zero-order valence-electron chi connectivity index (χ0n) is 18.8. The minimum absolute atomic E-state index is 0.0586. The van der Waals surface area contributed by atoms with E-state index >= 15 is 0 Å². The van der Waals surface area contributed by atoms with E-state index in [-0.39, 0.29) is 35.2 Å². The second kappa shape index (κ2) is 8.33. The molecule has 2 saturated heterocycles. The van der Waals surface area contributed by atoms with Crippen molar-refractivity contribution in [3.8, 4) is 0 Å². The van der Waals surface area contributed by atoms with Crippen molar-refractivity contribution in [1.29, 1.82) is 0 Å². The number of fused-ring (bicyclic) bond motifs is 8. The second-order valence-electron chi connectivity index (χ2n) is 10.7. The molecule has 6 aliphatic rings. The highest BCUT2D eigenvalue weighted by molar-refractivity contribution is 7.99. The number of halogens is 2. The fraction of sp³-hybridized carbons (Fsp3) is 0.840. The van der Waals surface area contributed by atoms with Gasteiger partial charge in [0, 0.05) is 10.8 Å². The van der Waals surface area contributed by atoms with Gasteiger partial charge in [-0.05, 0) is 56.1 Å². The maximum Gasteiger partial charge on any atom is 0.284 e. The maximum atomic E-state index is 13.1. The Balaban J connectivity index is 1.35. The number of allylic oxidation sites excluding steroid dienone is 3. The average Bonchev–Trinajstić information content (AvgIpc) is 3.10. The molecule has 0 amide bonds. The topological polar surface area (TPSA) is 36.9 Å². The first-order chi connectivity index (χ1) is 15.5. The summed E-state index contributed by atoms with van der Waals surface area (Å²) in [6.45, 7) is 5.04. The Morgan fingerprint density at radius 3 is 2.59 bits per heavy atom. The molecular weight excluding hydrogens is 434 g/mol. The Kier molecular flexibility index (Phi) is 5.73. The van der Waals surface area contributed by atoms with Crippen LogP contribution in [0.5, 0.6) is 0 Å². The summed E-state index contributed by atoms with van der Waals surface area (Å²) in [5.41, 5.74) is 2.83. The number of thioether (sulfide) groups is 1. The molecule has 0 N–H and O–H groups in total. The van der Waals surface area contributed by atoms with Crippen LogP contribution >= 0.6 is 11.8 Å². The van der Waals surface area contributed by atoms with Crippen LogP contribution in [0.3, 0.4) is 0 Å². The molecule has 2 saturated carbocycles. The predicted molar refractivity (Wildman–Crippen MR) is 119 cm³/mol. The van der Waals surface area contributed by atoms with Crippen molar-refractivity contribution in [2.45, 2.75) is 75.6 Å². The standard InChI is InChI=1S/C25H34F2O4S/c1-24-5-4-17-16(18(24)13-20-22(24)31-10-9-29-20)3-2-15-12-19-21(30-8-7-28-19)14-25(15,17)6-11-32-23(26)27/h2,4,16,18-23H,3,5-14H2,1H3/t16-,18+,19?,20?,21?,22?,24+,25+/m1/s1. The Morgan fingerprint density at radius 1 is 1.03 bits per heavy atom. The molecule has 2 aliphatic heterocycles. The van der Waals surface area contributed by atoms with Crippen LogP contribution in [-0.4, -0.2) is 62.4 Å². The SMILES string of the molecule is C[C@]12CC=C3[C@@H](CC=C4CC5OCCOC5C[C@@]43CCSC(F)F)[C@@H]1CC1OCCOC12. The summed E-state index contributed by atoms with van der Waals surface area (Å²) >= 11 is 0.779. The lowest BCUT2D eigenvalue weighted by Gasteiger charge is -2.56. The van der Waals surface area contributed by atoms with Gasteiger partial charge in [0.15, 0.2) is 0 Å². The summed E-state index contributed by atoms with van der Waals surface area (Å²) in [5, 5.41) is 0. The van der Waals surface area contributed by atoms with Gasteiger partial charge in [0.1, 0.15) is 0 Å². The van der Waals surface area contributed by atoms with Crippen LogP contribution in [0.25, 0.3) is 0 Å². The van der Waals surface area contributed by atoms with Crippen molar-refractivity contribution in [1.82, 2.24) is 0 Å². The monoisotopic (exact) mass is 468 g/mol. The van der Waals surface area contributed by atoms with E-state index in [0.717, 1.165) is 50.3 Å². The van der Waals surface area contributed by atoms with E-state index in [2.05, 4.69) is 19.1 Å². The van der Waals surface area contributed by atoms with Crippen molar-refractivity contribution in [3.63, 3.8) is 0 Å². The summed E-state index contributed by atoms with van der Waals surface area (Å²) in [7, 11) is 0. The number of hydrogen-bond acceptors (Lipinski definition) is 5. The number of ether oxygens (including phenoxy) is 4. The minimum atomic E-state index is -2.32. The van der Waals surface area contributed by atoms with Gasteiger partial charge in [0.25, 0.3) is 5.76 Å². The number of rotatable bonds is 4. The van der Waals surface area contributed by atoms with Gasteiger partial charge in [0.2, 0.25) is 0 Å². The van der Waals surface area contributed by atoms with E-state index in [1.54, 1.807) is 0 Å². The van der Waals surface area contributed by atoms with Crippen molar-refractivity contribution >= 4 is 11.8 Å².